The molecule has 0 saturated carbocycles. The van der Waals surface area contributed by atoms with E-state index in [2.05, 4.69) is 17.2 Å². The van der Waals surface area contributed by atoms with Crippen LogP contribution in [0.25, 0.3) is 0 Å². The summed E-state index contributed by atoms with van der Waals surface area (Å²) in [4.78, 5) is 0. The van der Waals surface area contributed by atoms with Gasteiger partial charge in [-0.05, 0) is 18.4 Å². The van der Waals surface area contributed by atoms with Crippen molar-refractivity contribution in [1.82, 2.24) is 0 Å². The highest BCUT2D eigenvalue weighted by atomic mass is 16.4. The van der Waals surface area contributed by atoms with Crippen LogP contribution in [0.5, 0.6) is 0 Å². The first kappa shape index (κ1) is 14.2. The predicted molar refractivity (Wildman–Crippen MR) is 72.9 cm³/mol. The van der Waals surface area contributed by atoms with Crippen LogP contribution in [-0.2, 0) is 6.42 Å². The Morgan fingerprint density at radius 2 is 1.83 bits per heavy atom. The third-order valence-corrected chi connectivity index (χ3v) is 2.86. The summed E-state index contributed by atoms with van der Waals surface area (Å²) < 4.78 is 0. The highest BCUT2D eigenvalue weighted by Gasteiger charge is 2.01. The van der Waals surface area contributed by atoms with E-state index in [1.807, 2.05) is 24.3 Å². The van der Waals surface area contributed by atoms with Gasteiger partial charge in [0, 0.05) is 5.56 Å². The zero-order valence-corrected chi connectivity index (χ0v) is 10.7. The minimum absolute atomic E-state index is 0.245. The van der Waals surface area contributed by atoms with Crippen molar-refractivity contribution in [2.24, 2.45) is 10.3 Å². The summed E-state index contributed by atoms with van der Waals surface area (Å²) in [5.74, 6) is 0. The quantitative estimate of drug-likeness (QED) is 0.336. The molecule has 1 aromatic carbocycles. The molecule has 4 heteroatoms. The molecule has 1 aromatic rings. The first-order chi connectivity index (χ1) is 8.81. The van der Waals surface area contributed by atoms with Gasteiger partial charge in [0.1, 0.15) is 5.71 Å². The second-order valence-electron chi connectivity index (χ2n) is 4.24. The van der Waals surface area contributed by atoms with Gasteiger partial charge < -0.3 is 10.4 Å². The molecular weight excluding hydrogens is 228 g/mol. The van der Waals surface area contributed by atoms with Crippen molar-refractivity contribution in [3.63, 3.8) is 0 Å². The maximum Gasteiger partial charge on any atom is 0.131 e. The molecule has 0 atom stereocenters. The Bertz CT molecular complexity index is 397. The van der Waals surface area contributed by atoms with Gasteiger partial charge in [0.05, 0.1) is 6.21 Å². The van der Waals surface area contributed by atoms with E-state index in [-0.39, 0.29) is 5.71 Å². The van der Waals surface area contributed by atoms with Crippen LogP contribution in [0.3, 0.4) is 0 Å². The lowest BCUT2D eigenvalue weighted by Crippen LogP contribution is -2.02. The summed E-state index contributed by atoms with van der Waals surface area (Å²) in [6.07, 6.45) is 7.17. The summed E-state index contributed by atoms with van der Waals surface area (Å²) >= 11 is 0. The van der Waals surface area contributed by atoms with Gasteiger partial charge in [0.15, 0.2) is 0 Å². The third kappa shape index (κ3) is 4.57. The minimum Gasteiger partial charge on any atom is -0.411 e. The van der Waals surface area contributed by atoms with E-state index in [0.717, 1.165) is 18.2 Å². The fraction of sp³-hybridized carbons (Fsp3) is 0.429. The molecule has 0 heterocycles. The minimum atomic E-state index is 0.245. The fourth-order valence-corrected chi connectivity index (χ4v) is 1.81. The van der Waals surface area contributed by atoms with E-state index in [1.54, 1.807) is 0 Å². The van der Waals surface area contributed by atoms with Crippen LogP contribution in [0.1, 0.15) is 43.7 Å². The van der Waals surface area contributed by atoms with E-state index in [0.29, 0.717) is 0 Å². The average molecular weight is 248 g/mol. The Kier molecular flexibility index (Phi) is 6.54. The summed E-state index contributed by atoms with van der Waals surface area (Å²) in [5, 5.41) is 23.1. The van der Waals surface area contributed by atoms with E-state index in [1.165, 1.54) is 31.2 Å². The first-order valence-corrected chi connectivity index (χ1v) is 6.30. The summed E-state index contributed by atoms with van der Waals surface area (Å²) in [7, 11) is 0. The number of unbranched alkanes of at least 4 members (excludes halogenated alkanes) is 3. The topological polar surface area (TPSA) is 65.2 Å². The largest absolute Gasteiger partial charge is 0.411 e. The molecule has 0 aliphatic rings. The van der Waals surface area contributed by atoms with Gasteiger partial charge in [-0.25, -0.2) is 0 Å². The van der Waals surface area contributed by atoms with Gasteiger partial charge in [-0.1, -0.05) is 60.8 Å². The molecular formula is C14H20N2O2. The smallest absolute Gasteiger partial charge is 0.131 e. The molecule has 0 aromatic heterocycles. The molecule has 0 amide bonds. The van der Waals surface area contributed by atoms with E-state index in [4.69, 9.17) is 10.4 Å². The summed E-state index contributed by atoms with van der Waals surface area (Å²) in [6, 6.07) is 7.76. The Morgan fingerprint density at radius 3 is 2.39 bits per heavy atom. The third-order valence-electron chi connectivity index (χ3n) is 2.86. The van der Waals surface area contributed by atoms with Gasteiger partial charge in [-0.3, -0.25) is 0 Å². The van der Waals surface area contributed by atoms with Gasteiger partial charge in [-0.2, -0.15) is 0 Å². The van der Waals surface area contributed by atoms with Crippen molar-refractivity contribution >= 4 is 11.9 Å². The lowest BCUT2D eigenvalue weighted by atomic mass is 10.0. The lowest BCUT2D eigenvalue weighted by Gasteiger charge is -2.03. The predicted octanol–water partition coefficient (Wildman–Crippen LogP) is 3.45. The van der Waals surface area contributed by atoms with Crippen LogP contribution in [0.2, 0.25) is 0 Å². The number of nitrogens with zero attached hydrogens (tertiary/aromatic N) is 2. The van der Waals surface area contributed by atoms with E-state index < -0.39 is 0 Å². The molecule has 0 fully saturated rings. The van der Waals surface area contributed by atoms with Crippen molar-refractivity contribution in [3.05, 3.63) is 35.4 Å². The number of hydrogen-bond acceptors (Lipinski definition) is 4. The average Bonchev–Trinajstić information content (AvgIpc) is 2.42. The monoisotopic (exact) mass is 248 g/mol. The summed E-state index contributed by atoms with van der Waals surface area (Å²) in [6.45, 7) is 2.20. The van der Waals surface area contributed by atoms with Crippen molar-refractivity contribution in [2.45, 2.75) is 39.0 Å². The fourth-order valence-electron chi connectivity index (χ4n) is 1.81. The molecule has 0 bridgehead atoms. The van der Waals surface area contributed by atoms with Crippen molar-refractivity contribution in [2.75, 3.05) is 0 Å². The molecule has 4 nitrogen and oxygen atoms in total. The van der Waals surface area contributed by atoms with E-state index in [9.17, 15) is 0 Å². The van der Waals surface area contributed by atoms with Gasteiger partial charge >= 0.3 is 0 Å². The molecule has 0 spiro atoms. The maximum atomic E-state index is 8.77. The number of rotatable bonds is 7. The number of hydrogen-bond donors (Lipinski definition) is 2. The number of oxime groups is 2. The molecule has 98 valence electrons. The van der Waals surface area contributed by atoms with Crippen molar-refractivity contribution < 1.29 is 10.4 Å². The van der Waals surface area contributed by atoms with Gasteiger partial charge in [0.2, 0.25) is 0 Å². The van der Waals surface area contributed by atoms with Crippen molar-refractivity contribution in [3.8, 4) is 0 Å². The highest BCUT2D eigenvalue weighted by Crippen LogP contribution is 2.10. The zero-order chi connectivity index (χ0) is 13.2. The van der Waals surface area contributed by atoms with Gasteiger partial charge in [0.25, 0.3) is 0 Å². The first-order valence-electron chi connectivity index (χ1n) is 6.30. The number of aryl methyl sites for hydroxylation is 1. The zero-order valence-electron chi connectivity index (χ0n) is 10.7. The van der Waals surface area contributed by atoms with Crippen LogP contribution in [0.15, 0.2) is 34.6 Å². The van der Waals surface area contributed by atoms with Crippen LogP contribution < -0.4 is 0 Å². The standard InChI is InChI=1S/C14H20N2O2/c1-2-3-4-5-6-12-7-9-13(10-8-12)14(16-18)11-15-17/h7-11,17-18H,2-6H2,1H3/b15-11-,16-14+. The maximum absolute atomic E-state index is 8.77. The van der Waals surface area contributed by atoms with E-state index >= 15 is 0 Å². The van der Waals surface area contributed by atoms with Crippen LogP contribution >= 0.6 is 0 Å². The Balaban J connectivity index is 2.57. The second kappa shape index (κ2) is 8.28. The van der Waals surface area contributed by atoms with Crippen LogP contribution in [0.4, 0.5) is 0 Å². The molecule has 18 heavy (non-hydrogen) atoms. The highest BCUT2D eigenvalue weighted by molar-refractivity contribution is 6.37. The molecule has 0 saturated heterocycles. The Morgan fingerprint density at radius 1 is 1.11 bits per heavy atom. The molecule has 0 aliphatic heterocycles. The Hall–Kier alpha value is -1.84. The van der Waals surface area contributed by atoms with Crippen molar-refractivity contribution in [1.29, 1.82) is 0 Å². The SMILES string of the molecule is CCCCCCc1ccc(C(/C=N\O)=N/O)cc1. The molecule has 0 aliphatic carbocycles. The van der Waals surface area contributed by atoms with Crippen LogP contribution in [-0.4, -0.2) is 22.3 Å². The molecule has 1 rings (SSSR count). The molecule has 0 radical (unpaired) electrons. The van der Waals surface area contributed by atoms with Gasteiger partial charge in [-0.15, -0.1) is 0 Å². The van der Waals surface area contributed by atoms with Crippen LogP contribution in [0, 0.1) is 0 Å². The summed E-state index contributed by atoms with van der Waals surface area (Å²) in [5.41, 5.74) is 2.25. The normalized spacial score (nSPS) is 12.2. The Labute approximate surface area is 108 Å². The lowest BCUT2D eigenvalue weighted by molar-refractivity contribution is 0.316. The number of benzene rings is 1. The molecule has 2 N–H and O–H groups in total. The second-order valence-corrected chi connectivity index (χ2v) is 4.24. The molecule has 0 unspecified atom stereocenters.